The molecule has 0 saturated carbocycles. The van der Waals surface area contributed by atoms with Crippen LogP contribution in [0.4, 0.5) is 4.39 Å². The number of carbonyl (C=O) groups excluding carboxylic acids is 1. The van der Waals surface area contributed by atoms with E-state index in [2.05, 4.69) is 20.5 Å². The van der Waals surface area contributed by atoms with Gasteiger partial charge in [-0.2, -0.15) is 0 Å². The summed E-state index contributed by atoms with van der Waals surface area (Å²) in [6.07, 6.45) is 4.36. The van der Waals surface area contributed by atoms with Crippen molar-refractivity contribution < 1.29 is 23.4 Å². The summed E-state index contributed by atoms with van der Waals surface area (Å²) in [6, 6.07) is 18.7. The second-order valence-electron chi connectivity index (χ2n) is 13.5. The topological polar surface area (TPSA) is 91.6 Å². The fourth-order valence-corrected chi connectivity index (χ4v) is 6.38. The van der Waals surface area contributed by atoms with Gasteiger partial charge in [-0.3, -0.25) is 9.88 Å². The van der Waals surface area contributed by atoms with E-state index in [1.54, 1.807) is 6.07 Å². The van der Waals surface area contributed by atoms with Crippen LogP contribution in [0, 0.1) is 5.82 Å². The zero-order valence-corrected chi connectivity index (χ0v) is 27.1. The average Bonchev–Trinajstić information content (AvgIpc) is 3.37. The van der Waals surface area contributed by atoms with Gasteiger partial charge in [0, 0.05) is 35.2 Å². The van der Waals surface area contributed by atoms with Gasteiger partial charge >= 0.3 is 5.97 Å². The molecule has 5 heterocycles. The number of benzene rings is 2. The lowest BCUT2D eigenvalue weighted by Crippen LogP contribution is -2.35. The molecular weight excluding hydrogens is 597 g/mol. The molecule has 0 N–H and O–H groups in total. The predicted octanol–water partition coefficient (Wildman–Crippen LogP) is 6.82. The lowest BCUT2D eigenvalue weighted by molar-refractivity contribution is -0.0592. The van der Waals surface area contributed by atoms with Gasteiger partial charge < -0.3 is 18.8 Å². The van der Waals surface area contributed by atoms with Crippen LogP contribution in [0.5, 0.6) is 5.88 Å². The van der Waals surface area contributed by atoms with Crippen LogP contribution in [-0.4, -0.2) is 61.8 Å². The number of carbonyl (C=O) groups is 1. The number of halogens is 1. The van der Waals surface area contributed by atoms with Gasteiger partial charge in [-0.05, 0) is 83.5 Å². The smallest absolute Gasteiger partial charge is 0.338 e. The number of hydrogen-bond acceptors (Lipinski definition) is 8. The molecule has 47 heavy (non-hydrogen) atoms. The Bertz CT molecular complexity index is 1910. The molecular formula is C37H40FN5O4. The van der Waals surface area contributed by atoms with Crippen LogP contribution in [0.1, 0.15) is 73.4 Å². The minimum absolute atomic E-state index is 0.155. The van der Waals surface area contributed by atoms with Gasteiger partial charge in [-0.15, -0.1) is 0 Å². The summed E-state index contributed by atoms with van der Waals surface area (Å²) < 4.78 is 33.4. The first kappa shape index (κ1) is 31.2. The third kappa shape index (κ3) is 7.13. The molecule has 0 aliphatic carbocycles. The zero-order chi connectivity index (χ0) is 32.5. The summed E-state index contributed by atoms with van der Waals surface area (Å²) in [5.74, 6) is 1.19. The standard InChI is InChI=1S/C37H40FN5O4/c1-37(2,3)47-36(44)26-10-11-31-32(19-26)43(21-29-14-17-45-29)33(40-31)22-42-15-12-24(13-16-42)30-8-5-9-34(41-30)46-23-27-7-4-6-25-18-28(38)20-39-35(25)27/h4-11,18-20,24,29H,12-17,21-23H2,1-3H3/t29-/m0/s1. The van der Waals surface area contributed by atoms with E-state index in [-0.39, 0.29) is 17.9 Å². The van der Waals surface area contributed by atoms with E-state index in [0.29, 0.717) is 30.5 Å². The van der Waals surface area contributed by atoms with Crippen molar-refractivity contribution in [1.29, 1.82) is 0 Å². The normalized spacial score (nSPS) is 17.6. The number of esters is 1. The molecule has 0 unspecified atom stereocenters. The minimum Gasteiger partial charge on any atom is -0.473 e. The number of hydrogen-bond donors (Lipinski definition) is 0. The summed E-state index contributed by atoms with van der Waals surface area (Å²) in [4.78, 5) is 29.4. The number of likely N-dealkylation sites (tertiary alicyclic amines) is 1. The van der Waals surface area contributed by atoms with Gasteiger partial charge in [-0.25, -0.2) is 19.2 Å². The molecule has 2 aliphatic heterocycles. The summed E-state index contributed by atoms with van der Waals surface area (Å²) in [7, 11) is 0. The summed E-state index contributed by atoms with van der Waals surface area (Å²) in [5, 5.41) is 0.747. The lowest BCUT2D eigenvalue weighted by atomic mass is 9.93. The molecule has 7 rings (SSSR count). The van der Waals surface area contributed by atoms with E-state index in [1.165, 1.54) is 12.3 Å². The molecule has 0 amide bonds. The van der Waals surface area contributed by atoms with E-state index in [9.17, 15) is 9.18 Å². The second kappa shape index (κ2) is 13.0. The number of imidazole rings is 1. The van der Waals surface area contributed by atoms with E-state index in [0.717, 1.165) is 84.5 Å². The Morgan fingerprint density at radius 2 is 1.83 bits per heavy atom. The van der Waals surface area contributed by atoms with Crippen LogP contribution in [0.25, 0.3) is 21.9 Å². The minimum atomic E-state index is -0.564. The predicted molar refractivity (Wildman–Crippen MR) is 177 cm³/mol. The SMILES string of the molecule is CC(C)(C)OC(=O)c1ccc2nc(CN3CCC(c4cccc(OCc5cccc6cc(F)cnc56)n4)CC3)n(C[C@@H]3CCO3)c2c1. The van der Waals surface area contributed by atoms with Gasteiger partial charge in [0.05, 0.1) is 47.5 Å². The van der Waals surface area contributed by atoms with Gasteiger partial charge in [0.25, 0.3) is 0 Å². The molecule has 3 aromatic heterocycles. The van der Waals surface area contributed by atoms with Crippen LogP contribution in [0.15, 0.2) is 66.9 Å². The second-order valence-corrected chi connectivity index (χ2v) is 13.5. The van der Waals surface area contributed by atoms with Crippen molar-refractivity contribution in [2.45, 2.75) is 77.4 Å². The number of pyridine rings is 2. The van der Waals surface area contributed by atoms with Crippen molar-refractivity contribution in [3.8, 4) is 5.88 Å². The Morgan fingerprint density at radius 3 is 2.60 bits per heavy atom. The number of nitrogens with zero attached hydrogens (tertiary/aromatic N) is 5. The number of fused-ring (bicyclic) bond motifs is 2. The molecule has 10 heteroatoms. The number of para-hydroxylation sites is 1. The van der Waals surface area contributed by atoms with E-state index >= 15 is 0 Å². The highest BCUT2D eigenvalue weighted by Crippen LogP contribution is 2.30. The highest BCUT2D eigenvalue weighted by molar-refractivity contribution is 5.94. The molecule has 2 aliphatic rings. The van der Waals surface area contributed by atoms with Gasteiger partial charge in [0.15, 0.2) is 0 Å². The molecule has 0 bridgehead atoms. The molecule has 2 saturated heterocycles. The molecule has 244 valence electrons. The van der Waals surface area contributed by atoms with Crippen molar-refractivity contribution in [2.24, 2.45) is 0 Å². The van der Waals surface area contributed by atoms with Gasteiger partial charge in [-0.1, -0.05) is 24.3 Å². The fraction of sp³-hybridized carbons (Fsp3) is 0.405. The third-order valence-corrected chi connectivity index (χ3v) is 8.89. The average molecular weight is 638 g/mol. The van der Waals surface area contributed by atoms with Gasteiger partial charge in [0.1, 0.15) is 23.8 Å². The fourth-order valence-electron chi connectivity index (χ4n) is 6.38. The summed E-state index contributed by atoms with van der Waals surface area (Å²) in [5.41, 5.74) is 4.41. The van der Waals surface area contributed by atoms with Gasteiger partial charge in [0.2, 0.25) is 5.88 Å². The highest BCUT2D eigenvalue weighted by Gasteiger charge is 2.27. The Balaban J connectivity index is 1.01. The third-order valence-electron chi connectivity index (χ3n) is 8.89. The Labute approximate surface area is 273 Å². The quantitative estimate of drug-likeness (QED) is 0.163. The molecule has 0 spiro atoms. The maximum absolute atomic E-state index is 13.6. The van der Waals surface area contributed by atoms with Crippen molar-refractivity contribution in [1.82, 2.24) is 24.4 Å². The van der Waals surface area contributed by atoms with Crippen LogP contribution in [0.2, 0.25) is 0 Å². The van der Waals surface area contributed by atoms with Crippen LogP contribution < -0.4 is 4.74 Å². The van der Waals surface area contributed by atoms with Crippen LogP contribution in [0.3, 0.4) is 0 Å². The Morgan fingerprint density at radius 1 is 1.02 bits per heavy atom. The first-order chi connectivity index (χ1) is 22.7. The molecule has 2 fully saturated rings. The number of piperidine rings is 1. The number of aromatic nitrogens is 4. The van der Waals surface area contributed by atoms with Crippen molar-refractivity contribution in [2.75, 3.05) is 19.7 Å². The molecule has 2 aromatic carbocycles. The lowest BCUT2D eigenvalue weighted by Gasteiger charge is -2.32. The van der Waals surface area contributed by atoms with E-state index in [4.69, 9.17) is 24.2 Å². The molecule has 1 atom stereocenters. The van der Waals surface area contributed by atoms with E-state index in [1.807, 2.05) is 63.2 Å². The Hall–Kier alpha value is -4.41. The summed E-state index contributed by atoms with van der Waals surface area (Å²) >= 11 is 0. The molecule has 5 aromatic rings. The van der Waals surface area contributed by atoms with Crippen molar-refractivity contribution in [3.63, 3.8) is 0 Å². The molecule has 0 radical (unpaired) electrons. The number of rotatable bonds is 9. The first-order valence-electron chi connectivity index (χ1n) is 16.4. The highest BCUT2D eigenvalue weighted by atomic mass is 19.1. The zero-order valence-electron chi connectivity index (χ0n) is 27.1. The first-order valence-corrected chi connectivity index (χ1v) is 16.4. The number of ether oxygens (including phenoxy) is 3. The summed E-state index contributed by atoms with van der Waals surface area (Å²) in [6.45, 7) is 9.98. The van der Waals surface area contributed by atoms with E-state index < -0.39 is 5.60 Å². The maximum Gasteiger partial charge on any atom is 0.338 e. The van der Waals surface area contributed by atoms with Crippen LogP contribution in [-0.2, 0) is 29.2 Å². The largest absolute Gasteiger partial charge is 0.473 e. The van der Waals surface area contributed by atoms with Crippen LogP contribution >= 0.6 is 0 Å². The molecule has 9 nitrogen and oxygen atoms in total. The van der Waals surface area contributed by atoms with Crippen molar-refractivity contribution in [3.05, 3.63) is 95.3 Å². The van der Waals surface area contributed by atoms with Crippen molar-refractivity contribution >= 4 is 27.9 Å². The monoisotopic (exact) mass is 637 g/mol. The maximum atomic E-state index is 13.6. The Kier molecular flexibility index (Phi) is 8.63.